The van der Waals surface area contributed by atoms with Crippen molar-refractivity contribution in [1.82, 2.24) is 5.32 Å². The molecule has 1 fully saturated rings. The minimum absolute atomic E-state index is 0.338. The Balaban J connectivity index is 1.90. The fourth-order valence-electron chi connectivity index (χ4n) is 2.74. The zero-order chi connectivity index (χ0) is 13.0. The van der Waals surface area contributed by atoms with Crippen molar-refractivity contribution in [3.05, 3.63) is 33.4 Å². The van der Waals surface area contributed by atoms with Crippen LogP contribution in [0.2, 0.25) is 0 Å². The van der Waals surface area contributed by atoms with Crippen molar-refractivity contribution in [1.29, 1.82) is 0 Å². The van der Waals surface area contributed by atoms with Crippen LogP contribution < -0.4 is 5.32 Å². The fraction of sp³-hybridized carbons (Fsp3) is 0.600. The molecule has 2 N–H and O–H groups in total. The van der Waals surface area contributed by atoms with Gasteiger partial charge in [-0.2, -0.15) is 0 Å². The molecular formula is C15H22INO. The maximum Gasteiger partial charge on any atom is 0.0804 e. The van der Waals surface area contributed by atoms with Gasteiger partial charge in [0.25, 0.3) is 0 Å². The predicted octanol–water partition coefficient (Wildman–Crippen LogP) is 3.49. The Morgan fingerprint density at radius 2 is 2.11 bits per heavy atom. The molecular weight excluding hydrogens is 337 g/mol. The lowest BCUT2D eigenvalue weighted by Gasteiger charge is -2.31. The summed E-state index contributed by atoms with van der Waals surface area (Å²) in [5.74, 6) is 0.833. The van der Waals surface area contributed by atoms with Crippen LogP contribution in [0.15, 0.2) is 24.3 Å². The van der Waals surface area contributed by atoms with Gasteiger partial charge < -0.3 is 10.4 Å². The van der Waals surface area contributed by atoms with Crippen LogP contribution in [0.5, 0.6) is 0 Å². The van der Waals surface area contributed by atoms with Gasteiger partial charge in [0.1, 0.15) is 0 Å². The van der Waals surface area contributed by atoms with E-state index in [0.717, 1.165) is 24.4 Å². The second-order valence-electron chi connectivity index (χ2n) is 5.25. The monoisotopic (exact) mass is 359 g/mol. The Morgan fingerprint density at radius 3 is 2.78 bits per heavy atom. The number of hydrogen-bond donors (Lipinski definition) is 2. The van der Waals surface area contributed by atoms with E-state index in [4.69, 9.17) is 0 Å². The van der Waals surface area contributed by atoms with E-state index < -0.39 is 0 Å². The van der Waals surface area contributed by atoms with Gasteiger partial charge in [-0.25, -0.2) is 0 Å². The highest BCUT2D eigenvalue weighted by molar-refractivity contribution is 14.1. The summed E-state index contributed by atoms with van der Waals surface area (Å²) >= 11 is 2.29. The predicted molar refractivity (Wildman–Crippen MR) is 83.5 cm³/mol. The Bertz CT molecular complexity index is 365. The average molecular weight is 359 g/mol. The molecule has 1 heterocycles. The summed E-state index contributed by atoms with van der Waals surface area (Å²) in [6.45, 7) is 3.37. The lowest BCUT2D eigenvalue weighted by Crippen LogP contribution is -2.38. The molecule has 1 aliphatic heterocycles. The van der Waals surface area contributed by atoms with Gasteiger partial charge in [0.2, 0.25) is 0 Å². The van der Waals surface area contributed by atoms with Gasteiger partial charge in [-0.3, -0.25) is 0 Å². The van der Waals surface area contributed by atoms with Gasteiger partial charge in [0.15, 0.2) is 0 Å². The lowest BCUT2D eigenvalue weighted by atomic mass is 9.87. The molecule has 0 spiro atoms. The van der Waals surface area contributed by atoms with Crippen LogP contribution in [0.1, 0.15) is 44.3 Å². The first-order valence-corrected chi connectivity index (χ1v) is 7.93. The quantitative estimate of drug-likeness (QED) is 0.807. The SMILES string of the molecule is CCC1CCNC(CC(O)c2ccc(I)cc2)C1. The summed E-state index contributed by atoms with van der Waals surface area (Å²) in [4.78, 5) is 0. The largest absolute Gasteiger partial charge is 0.388 e. The van der Waals surface area contributed by atoms with Gasteiger partial charge >= 0.3 is 0 Å². The summed E-state index contributed by atoms with van der Waals surface area (Å²) in [5.41, 5.74) is 1.04. The van der Waals surface area contributed by atoms with Crippen LogP contribution >= 0.6 is 22.6 Å². The zero-order valence-electron chi connectivity index (χ0n) is 10.9. The molecule has 0 aromatic heterocycles. The third kappa shape index (κ3) is 3.93. The van der Waals surface area contributed by atoms with Crippen molar-refractivity contribution >= 4 is 22.6 Å². The minimum atomic E-state index is -0.338. The van der Waals surface area contributed by atoms with E-state index in [2.05, 4.69) is 47.0 Å². The van der Waals surface area contributed by atoms with Crippen LogP contribution in [0.25, 0.3) is 0 Å². The van der Waals surface area contributed by atoms with Gasteiger partial charge in [0.05, 0.1) is 6.10 Å². The smallest absolute Gasteiger partial charge is 0.0804 e. The second kappa shape index (κ2) is 6.87. The van der Waals surface area contributed by atoms with Crippen molar-refractivity contribution in [2.75, 3.05) is 6.54 Å². The van der Waals surface area contributed by atoms with Crippen LogP contribution in [0, 0.1) is 9.49 Å². The normalized spacial score (nSPS) is 25.9. The molecule has 1 saturated heterocycles. The number of nitrogens with one attached hydrogen (secondary N) is 1. The zero-order valence-corrected chi connectivity index (χ0v) is 13.1. The highest BCUT2D eigenvalue weighted by Crippen LogP contribution is 2.26. The van der Waals surface area contributed by atoms with E-state index in [9.17, 15) is 5.11 Å². The number of benzene rings is 1. The minimum Gasteiger partial charge on any atom is -0.388 e. The van der Waals surface area contributed by atoms with Crippen molar-refractivity contribution < 1.29 is 5.11 Å². The molecule has 0 bridgehead atoms. The van der Waals surface area contributed by atoms with Gasteiger partial charge in [-0.1, -0.05) is 25.5 Å². The first-order valence-electron chi connectivity index (χ1n) is 6.86. The second-order valence-corrected chi connectivity index (χ2v) is 6.50. The first kappa shape index (κ1) is 14.3. The van der Waals surface area contributed by atoms with E-state index in [0.29, 0.717) is 6.04 Å². The van der Waals surface area contributed by atoms with Crippen molar-refractivity contribution in [3.63, 3.8) is 0 Å². The van der Waals surface area contributed by atoms with E-state index in [1.807, 2.05) is 12.1 Å². The molecule has 2 rings (SSSR count). The van der Waals surface area contributed by atoms with Gasteiger partial charge in [-0.05, 0) is 72.0 Å². The van der Waals surface area contributed by atoms with E-state index in [-0.39, 0.29) is 6.10 Å². The van der Waals surface area contributed by atoms with Gasteiger partial charge in [0, 0.05) is 9.61 Å². The number of rotatable bonds is 4. The maximum atomic E-state index is 10.3. The summed E-state index contributed by atoms with van der Waals surface area (Å²) < 4.78 is 1.21. The van der Waals surface area contributed by atoms with Crippen LogP contribution in [-0.4, -0.2) is 17.7 Å². The number of piperidine rings is 1. The molecule has 0 saturated carbocycles. The van der Waals surface area contributed by atoms with Crippen molar-refractivity contribution in [3.8, 4) is 0 Å². The number of aliphatic hydroxyl groups is 1. The molecule has 1 aromatic carbocycles. The summed E-state index contributed by atoms with van der Waals surface area (Å²) in [5, 5.41) is 13.8. The standard InChI is InChI=1S/C15H22INO/c1-2-11-7-8-17-14(9-11)10-15(18)12-3-5-13(16)6-4-12/h3-6,11,14-15,17-18H,2,7-10H2,1H3. The van der Waals surface area contributed by atoms with E-state index >= 15 is 0 Å². The third-order valence-electron chi connectivity index (χ3n) is 3.94. The first-order chi connectivity index (χ1) is 8.69. The number of aliphatic hydroxyl groups excluding tert-OH is 1. The molecule has 1 aromatic rings. The summed E-state index contributed by atoms with van der Waals surface area (Å²) in [6.07, 6.45) is 4.24. The Hall–Kier alpha value is -0.130. The highest BCUT2D eigenvalue weighted by atomic mass is 127. The fourth-order valence-corrected chi connectivity index (χ4v) is 3.10. The van der Waals surface area contributed by atoms with Crippen LogP contribution in [0.3, 0.4) is 0 Å². The third-order valence-corrected chi connectivity index (χ3v) is 4.66. The van der Waals surface area contributed by atoms with Crippen molar-refractivity contribution in [2.45, 2.75) is 44.8 Å². The van der Waals surface area contributed by atoms with Gasteiger partial charge in [-0.15, -0.1) is 0 Å². The molecule has 18 heavy (non-hydrogen) atoms. The maximum absolute atomic E-state index is 10.3. The van der Waals surface area contributed by atoms with Crippen molar-refractivity contribution in [2.24, 2.45) is 5.92 Å². The molecule has 0 amide bonds. The molecule has 1 aliphatic rings. The average Bonchev–Trinajstić information content (AvgIpc) is 2.39. The summed E-state index contributed by atoms with van der Waals surface area (Å²) in [6, 6.07) is 8.65. The Morgan fingerprint density at radius 1 is 1.39 bits per heavy atom. The Kier molecular flexibility index (Phi) is 5.45. The Labute approximate surface area is 123 Å². The summed E-state index contributed by atoms with van der Waals surface area (Å²) in [7, 11) is 0. The van der Waals surface area contributed by atoms with E-state index in [1.54, 1.807) is 0 Å². The molecule has 100 valence electrons. The molecule has 2 nitrogen and oxygen atoms in total. The molecule has 0 aliphatic carbocycles. The van der Waals surface area contributed by atoms with Crippen LogP contribution in [0.4, 0.5) is 0 Å². The molecule has 3 heteroatoms. The molecule has 3 atom stereocenters. The topological polar surface area (TPSA) is 32.3 Å². The number of halogens is 1. The number of hydrogen-bond acceptors (Lipinski definition) is 2. The van der Waals surface area contributed by atoms with E-state index in [1.165, 1.54) is 22.8 Å². The highest BCUT2D eigenvalue weighted by Gasteiger charge is 2.22. The van der Waals surface area contributed by atoms with Crippen LogP contribution in [-0.2, 0) is 0 Å². The lowest BCUT2D eigenvalue weighted by molar-refractivity contribution is 0.136. The molecule has 0 radical (unpaired) electrons. The molecule has 3 unspecified atom stereocenters.